The molecule has 1 spiro atoms. The minimum Gasteiger partial charge on any atom is -0.476 e. The first kappa shape index (κ1) is 15.1. The van der Waals surface area contributed by atoms with E-state index in [9.17, 15) is 4.79 Å². The molecule has 3 saturated carbocycles. The fourth-order valence-corrected chi connectivity index (χ4v) is 4.54. The lowest BCUT2D eigenvalue weighted by Crippen LogP contribution is -2.46. The van der Waals surface area contributed by atoms with Crippen LogP contribution in [0.5, 0.6) is 0 Å². The Labute approximate surface area is 136 Å². The second-order valence-corrected chi connectivity index (χ2v) is 7.79. The monoisotopic (exact) mass is 318 g/mol. The summed E-state index contributed by atoms with van der Waals surface area (Å²) in [6.45, 7) is 0. The summed E-state index contributed by atoms with van der Waals surface area (Å²) in [5, 5.41) is 20.8. The van der Waals surface area contributed by atoms with Crippen LogP contribution in [0.1, 0.15) is 80.7 Å². The highest BCUT2D eigenvalue weighted by atomic mass is 16.4. The van der Waals surface area contributed by atoms with Gasteiger partial charge in [0.1, 0.15) is 0 Å². The first-order valence-electron chi connectivity index (χ1n) is 9.06. The molecule has 2 atom stereocenters. The van der Waals surface area contributed by atoms with Gasteiger partial charge < -0.3 is 10.4 Å². The van der Waals surface area contributed by atoms with E-state index in [1.807, 2.05) is 0 Å². The summed E-state index contributed by atoms with van der Waals surface area (Å²) >= 11 is 0. The average Bonchev–Trinajstić information content (AvgIpc) is 3.12. The Morgan fingerprint density at radius 1 is 1.17 bits per heavy atom. The maximum atomic E-state index is 11.0. The van der Waals surface area contributed by atoms with Crippen LogP contribution in [0, 0.1) is 5.41 Å². The van der Waals surface area contributed by atoms with Crippen LogP contribution in [-0.4, -0.2) is 38.2 Å². The van der Waals surface area contributed by atoms with Gasteiger partial charge in [0.25, 0.3) is 0 Å². The van der Waals surface area contributed by atoms with Gasteiger partial charge in [-0.25, -0.2) is 9.48 Å². The van der Waals surface area contributed by atoms with Gasteiger partial charge in [0.15, 0.2) is 5.69 Å². The van der Waals surface area contributed by atoms with Crippen molar-refractivity contribution < 1.29 is 9.90 Å². The van der Waals surface area contributed by atoms with E-state index >= 15 is 0 Å². The Morgan fingerprint density at radius 2 is 1.91 bits per heavy atom. The molecule has 0 radical (unpaired) electrons. The highest BCUT2D eigenvalue weighted by Gasteiger charge is 2.45. The molecule has 1 aromatic heterocycles. The zero-order valence-corrected chi connectivity index (χ0v) is 13.6. The molecular formula is C17H26N4O2. The zero-order chi connectivity index (χ0) is 15.9. The smallest absolute Gasteiger partial charge is 0.358 e. The van der Waals surface area contributed by atoms with Crippen LogP contribution in [0.3, 0.4) is 0 Å². The van der Waals surface area contributed by atoms with Crippen LogP contribution in [0.15, 0.2) is 6.20 Å². The normalized spacial score (nSPS) is 30.4. The van der Waals surface area contributed by atoms with E-state index in [-0.39, 0.29) is 11.7 Å². The molecule has 1 aromatic rings. The number of hydrogen-bond acceptors (Lipinski definition) is 4. The van der Waals surface area contributed by atoms with Crippen molar-refractivity contribution in [3.8, 4) is 0 Å². The van der Waals surface area contributed by atoms with Gasteiger partial charge in [-0.1, -0.05) is 18.1 Å². The molecule has 0 aromatic carbocycles. The Hall–Kier alpha value is -1.43. The van der Waals surface area contributed by atoms with Gasteiger partial charge >= 0.3 is 5.97 Å². The number of carboxylic acid groups (broad SMARTS) is 1. The number of carboxylic acids is 1. The number of rotatable bonds is 4. The third-order valence-electron chi connectivity index (χ3n) is 6.25. The van der Waals surface area contributed by atoms with Crippen LogP contribution in [0.25, 0.3) is 0 Å². The van der Waals surface area contributed by atoms with Gasteiger partial charge in [0.2, 0.25) is 0 Å². The zero-order valence-electron chi connectivity index (χ0n) is 13.6. The summed E-state index contributed by atoms with van der Waals surface area (Å²) in [6.07, 6.45) is 14.5. The lowest BCUT2D eigenvalue weighted by atomic mass is 9.82. The lowest BCUT2D eigenvalue weighted by molar-refractivity contribution is 0.0690. The molecule has 0 aliphatic heterocycles. The Morgan fingerprint density at radius 3 is 2.57 bits per heavy atom. The Balaban J connectivity index is 1.41. The molecule has 23 heavy (non-hydrogen) atoms. The summed E-state index contributed by atoms with van der Waals surface area (Å²) in [4.78, 5) is 11.0. The maximum absolute atomic E-state index is 11.0. The van der Waals surface area contributed by atoms with E-state index in [4.69, 9.17) is 5.11 Å². The summed E-state index contributed by atoms with van der Waals surface area (Å²) in [5.74, 6) is -1.00. The van der Waals surface area contributed by atoms with Crippen LogP contribution in [0.2, 0.25) is 0 Å². The third kappa shape index (κ3) is 3.13. The van der Waals surface area contributed by atoms with Crippen molar-refractivity contribution in [2.45, 2.75) is 82.3 Å². The average molecular weight is 318 g/mol. The first-order valence-corrected chi connectivity index (χ1v) is 9.06. The van der Waals surface area contributed by atoms with Crippen molar-refractivity contribution in [3.63, 3.8) is 0 Å². The van der Waals surface area contributed by atoms with Gasteiger partial charge in [0, 0.05) is 12.1 Å². The Kier molecular flexibility index (Phi) is 3.87. The highest BCUT2D eigenvalue weighted by Crippen LogP contribution is 2.56. The fraction of sp³-hybridized carbons (Fsp3) is 0.824. The minimum atomic E-state index is -1.00. The van der Waals surface area contributed by atoms with Crippen molar-refractivity contribution in [2.24, 2.45) is 5.41 Å². The van der Waals surface area contributed by atoms with E-state index in [1.165, 1.54) is 51.4 Å². The molecule has 0 saturated heterocycles. The molecule has 3 aliphatic rings. The van der Waals surface area contributed by atoms with E-state index < -0.39 is 5.97 Å². The van der Waals surface area contributed by atoms with Gasteiger partial charge in [-0.2, -0.15) is 0 Å². The molecule has 4 rings (SSSR count). The largest absolute Gasteiger partial charge is 0.476 e. The standard InChI is InChI=1S/C17H26N4O2/c22-16(23)14-11-21(20-19-14)15-4-2-1-3-13(15)18-12-5-7-17(8-6-12)9-10-17/h11-13,15,18H,1-10H2,(H,22,23)/t13-,15+/m0/s1. The highest BCUT2D eigenvalue weighted by molar-refractivity contribution is 5.84. The number of nitrogens with zero attached hydrogens (tertiary/aromatic N) is 3. The quantitative estimate of drug-likeness (QED) is 0.892. The fourth-order valence-electron chi connectivity index (χ4n) is 4.54. The summed E-state index contributed by atoms with van der Waals surface area (Å²) in [5.41, 5.74) is 0.773. The topological polar surface area (TPSA) is 80.0 Å². The second kappa shape index (κ2) is 5.89. The molecule has 0 amide bonds. The molecule has 0 bridgehead atoms. The molecule has 126 valence electrons. The molecule has 6 nitrogen and oxygen atoms in total. The van der Waals surface area contributed by atoms with Gasteiger partial charge in [-0.05, 0) is 56.8 Å². The number of carbonyl (C=O) groups is 1. The predicted molar refractivity (Wildman–Crippen MR) is 85.3 cm³/mol. The van der Waals surface area contributed by atoms with Crippen LogP contribution >= 0.6 is 0 Å². The number of aromatic nitrogens is 3. The first-order chi connectivity index (χ1) is 11.2. The van der Waals surface area contributed by atoms with E-state index in [2.05, 4.69) is 15.6 Å². The predicted octanol–water partition coefficient (Wildman–Crippen LogP) is 2.77. The molecule has 6 heteroatoms. The van der Waals surface area contributed by atoms with Crippen molar-refractivity contribution >= 4 is 5.97 Å². The number of aromatic carboxylic acids is 1. The lowest BCUT2D eigenvalue weighted by Gasteiger charge is -2.37. The molecule has 3 aliphatic carbocycles. The van der Waals surface area contributed by atoms with Crippen molar-refractivity contribution in [1.29, 1.82) is 0 Å². The Bertz CT molecular complexity index is 571. The molecule has 0 unspecified atom stereocenters. The van der Waals surface area contributed by atoms with E-state index in [0.717, 1.165) is 18.3 Å². The molecule has 3 fully saturated rings. The summed E-state index contributed by atoms with van der Waals surface area (Å²) in [7, 11) is 0. The summed E-state index contributed by atoms with van der Waals surface area (Å²) < 4.78 is 1.78. The van der Waals surface area contributed by atoms with E-state index in [0.29, 0.717) is 12.1 Å². The third-order valence-corrected chi connectivity index (χ3v) is 6.25. The number of nitrogens with one attached hydrogen (secondary N) is 1. The van der Waals surface area contributed by atoms with Crippen LogP contribution < -0.4 is 5.32 Å². The van der Waals surface area contributed by atoms with E-state index in [1.54, 1.807) is 10.9 Å². The van der Waals surface area contributed by atoms with Crippen molar-refractivity contribution in [1.82, 2.24) is 20.3 Å². The van der Waals surface area contributed by atoms with Gasteiger partial charge in [-0.15, -0.1) is 5.10 Å². The van der Waals surface area contributed by atoms with Gasteiger partial charge in [0.05, 0.1) is 12.2 Å². The minimum absolute atomic E-state index is 0.0441. The van der Waals surface area contributed by atoms with Crippen LogP contribution in [-0.2, 0) is 0 Å². The SMILES string of the molecule is O=C(O)c1cn([C@@H]2CCCC[C@@H]2NC2CCC3(CC2)CC3)nn1. The number of hydrogen-bond donors (Lipinski definition) is 2. The maximum Gasteiger partial charge on any atom is 0.358 e. The molecular weight excluding hydrogens is 292 g/mol. The second-order valence-electron chi connectivity index (χ2n) is 7.79. The molecule has 1 heterocycles. The van der Waals surface area contributed by atoms with Crippen molar-refractivity contribution in [2.75, 3.05) is 0 Å². The summed E-state index contributed by atoms with van der Waals surface area (Å²) in [6, 6.07) is 1.25. The van der Waals surface area contributed by atoms with Crippen LogP contribution in [0.4, 0.5) is 0 Å². The van der Waals surface area contributed by atoms with Gasteiger partial charge in [-0.3, -0.25) is 0 Å². The molecule has 2 N–H and O–H groups in total. The van der Waals surface area contributed by atoms with Crippen molar-refractivity contribution in [3.05, 3.63) is 11.9 Å².